The van der Waals surface area contributed by atoms with Gasteiger partial charge in [0.2, 0.25) is 5.71 Å². The van der Waals surface area contributed by atoms with Crippen LogP contribution in [-0.2, 0) is 0 Å². The standard InChI is InChI=1S/C43H29N2/c1-2-13-31(14-3-1)43-44-39-20-10-11-21-40(39)45(43)34-26-24-30(25-27-34)41-35-16-6-8-18-37(35)42(38-19-9-7-17-36(38)41)33-23-22-29-12-4-5-15-32(29)28-33/h1-28,40H/q+1. The molecule has 0 amide bonds. The van der Waals surface area contributed by atoms with Crippen LogP contribution in [0, 0.1) is 0 Å². The molecule has 7 aromatic carbocycles. The first kappa shape index (κ1) is 25.6. The summed E-state index contributed by atoms with van der Waals surface area (Å²) >= 11 is 0. The van der Waals surface area contributed by atoms with Crippen molar-refractivity contribution in [2.45, 2.75) is 6.04 Å². The van der Waals surface area contributed by atoms with Gasteiger partial charge in [-0.2, -0.15) is 0 Å². The predicted molar refractivity (Wildman–Crippen MR) is 190 cm³/mol. The van der Waals surface area contributed by atoms with E-state index in [-0.39, 0.29) is 6.04 Å². The molecule has 2 aliphatic rings. The van der Waals surface area contributed by atoms with Crippen LogP contribution in [0.25, 0.3) is 54.6 Å². The Morgan fingerprint density at radius 1 is 0.467 bits per heavy atom. The van der Waals surface area contributed by atoms with E-state index >= 15 is 0 Å². The topological polar surface area (TPSA) is 15.4 Å². The Labute approximate surface area is 262 Å². The molecule has 0 spiro atoms. The number of aliphatic imine (C=N–C) groups is 1. The second-order valence-corrected chi connectivity index (χ2v) is 11.7. The molecule has 1 unspecified atom stereocenters. The van der Waals surface area contributed by atoms with Crippen LogP contribution in [-0.4, -0.2) is 22.2 Å². The van der Waals surface area contributed by atoms with Crippen molar-refractivity contribution in [2.24, 2.45) is 4.99 Å². The molecule has 1 aliphatic heterocycles. The van der Waals surface area contributed by atoms with E-state index in [0.29, 0.717) is 0 Å². The maximum absolute atomic E-state index is 5.08. The van der Waals surface area contributed by atoms with Crippen molar-refractivity contribution in [1.82, 2.24) is 0 Å². The van der Waals surface area contributed by atoms with E-state index in [1.54, 1.807) is 0 Å². The lowest BCUT2D eigenvalue weighted by Crippen LogP contribution is -2.26. The first-order valence-corrected chi connectivity index (χ1v) is 15.5. The van der Waals surface area contributed by atoms with Crippen molar-refractivity contribution < 1.29 is 4.58 Å². The van der Waals surface area contributed by atoms with Gasteiger partial charge >= 0.3 is 5.84 Å². The molecule has 1 heterocycles. The quantitative estimate of drug-likeness (QED) is 0.147. The average Bonchev–Trinajstić information content (AvgIpc) is 3.51. The summed E-state index contributed by atoms with van der Waals surface area (Å²) in [5.74, 6) is 0.982. The van der Waals surface area contributed by atoms with Crippen LogP contribution in [0.1, 0.15) is 5.56 Å². The van der Waals surface area contributed by atoms with Crippen LogP contribution in [0.5, 0.6) is 0 Å². The number of fused-ring (bicyclic) bond motifs is 4. The Morgan fingerprint density at radius 3 is 1.73 bits per heavy atom. The molecule has 0 aromatic heterocycles. The van der Waals surface area contributed by atoms with E-state index in [9.17, 15) is 0 Å². The van der Waals surface area contributed by atoms with Gasteiger partial charge in [-0.05, 0) is 102 Å². The number of hydrogen-bond acceptors (Lipinski definition) is 1. The number of hydrogen-bond donors (Lipinski definition) is 0. The summed E-state index contributed by atoms with van der Waals surface area (Å²) in [6, 6.07) is 52.8. The van der Waals surface area contributed by atoms with Gasteiger partial charge in [-0.1, -0.05) is 127 Å². The summed E-state index contributed by atoms with van der Waals surface area (Å²) in [6.45, 7) is 0. The van der Waals surface area contributed by atoms with Gasteiger partial charge in [-0.15, -0.1) is 0 Å². The molecule has 0 fully saturated rings. The molecule has 0 radical (unpaired) electrons. The van der Waals surface area contributed by atoms with Gasteiger partial charge < -0.3 is 0 Å². The highest BCUT2D eigenvalue weighted by Crippen LogP contribution is 2.44. The fourth-order valence-corrected chi connectivity index (χ4v) is 7.11. The van der Waals surface area contributed by atoms with Gasteiger partial charge in [-0.25, -0.2) is 4.58 Å². The molecule has 0 N–H and O–H groups in total. The summed E-state index contributed by atoms with van der Waals surface area (Å²) in [5, 5.41) is 7.57. The first-order chi connectivity index (χ1) is 22.3. The number of allylic oxidation sites excluding steroid dienone is 2. The number of amidine groups is 1. The van der Waals surface area contributed by atoms with Gasteiger partial charge in [0, 0.05) is 0 Å². The van der Waals surface area contributed by atoms with Crippen LogP contribution >= 0.6 is 0 Å². The number of rotatable bonds is 4. The fourth-order valence-electron chi connectivity index (χ4n) is 7.11. The third-order valence-electron chi connectivity index (χ3n) is 9.15. The molecule has 2 nitrogen and oxygen atoms in total. The number of benzene rings is 7. The Bertz CT molecular complexity index is 2350. The highest BCUT2D eigenvalue weighted by Gasteiger charge is 2.37. The molecule has 210 valence electrons. The summed E-state index contributed by atoms with van der Waals surface area (Å²) in [6.07, 6.45) is 8.54. The third-order valence-corrected chi connectivity index (χ3v) is 9.15. The van der Waals surface area contributed by atoms with Gasteiger partial charge in [0.15, 0.2) is 6.04 Å². The van der Waals surface area contributed by atoms with Gasteiger partial charge in [0.25, 0.3) is 0 Å². The Kier molecular flexibility index (Phi) is 5.92. The lowest BCUT2D eigenvalue weighted by molar-refractivity contribution is -0.447. The monoisotopic (exact) mass is 573 g/mol. The Hall–Kier alpha value is -5.86. The average molecular weight is 574 g/mol. The predicted octanol–water partition coefficient (Wildman–Crippen LogP) is 10.5. The van der Waals surface area contributed by atoms with E-state index in [0.717, 1.165) is 22.8 Å². The molecule has 1 aliphatic carbocycles. The second kappa shape index (κ2) is 10.4. The summed E-state index contributed by atoms with van der Waals surface area (Å²) in [4.78, 5) is 5.08. The zero-order valence-corrected chi connectivity index (χ0v) is 24.6. The van der Waals surface area contributed by atoms with Crippen molar-refractivity contribution in [3.8, 4) is 22.3 Å². The van der Waals surface area contributed by atoms with E-state index < -0.39 is 0 Å². The second-order valence-electron chi connectivity index (χ2n) is 11.7. The van der Waals surface area contributed by atoms with Gasteiger partial charge in [0.1, 0.15) is 5.69 Å². The molecule has 9 rings (SSSR count). The smallest absolute Gasteiger partial charge is 0.209 e. The first-order valence-electron chi connectivity index (χ1n) is 15.5. The third kappa shape index (κ3) is 4.18. The maximum Gasteiger partial charge on any atom is 0.332 e. The lowest BCUT2D eigenvalue weighted by Gasteiger charge is -2.18. The normalized spacial score (nSPS) is 15.6. The largest absolute Gasteiger partial charge is 0.332 e. The number of nitrogens with zero attached hydrogens (tertiary/aromatic N) is 2. The minimum absolute atomic E-state index is 0.0824. The van der Waals surface area contributed by atoms with Crippen LogP contribution < -0.4 is 0 Å². The lowest BCUT2D eigenvalue weighted by atomic mass is 9.85. The van der Waals surface area contributed by atoms with Crippen LogP contribution in [0.15, 0.2) is 175 Å². The highest BCUT2D eigenvalue weighted by molar-refractivity contribution is 6.22. The minimum atomic E-state index is 0.0824. The van der Waals surface area contributed by atoms with E-state index in [1.165, 1.54) is 54.6 Å². The van der Waals surface area contributed by atoms with Crippen molar-refractivity contribution in [3.05, 3.63) is 175 Å². The highest BCUT2D eigenvalue weighted by atomic mass is 15.2. The van der Waals surface area contributed by atoms with Crippen LogP contribution in [0.4, 0.5) is 5.69 Å². The molecule has 7 aromatic rings. The molecular weight excluding hydrogens is 544 g/mol. The van der Waals surface area contributed by atoms with Crippen molar-refractivity contribution in [1.29, 1.82) is 0 Å². The molecule has 1 atom stereocenters. The van der Waals surface area contributed by atoms with E-state index in [2.05, 4.69) is 174 Å². The van der Waals surface area contributed by atoms with Gasteiger partial charge in [-0.3, -0.25) is 0 Å². The maximum atomic E-state index is 5.08. The Morgan fingerprint density at radius 2 is 1.04 bits per heavy atom. The Balaban J connectivity index is 1.23. The molecular formula is C43H29N2+. The fraction of sp³-hybridized carbons (Fsp3) is 0.0233. The molecule has 0 bridgehead atoms. The summed E-state index contributed by atoms with van der Waals surface area (Å²) in [5.41, 5.74) is 8.32. The zero-order valence-electron chi connectivity index (χ0n) is 24.6. The van der Waals surface area contributed by atoms with Crippen molar-refractivity contribution in [3.63, 3.8) is 0 Å². The zero-order chi connectivity index (χ0) is 29.7. The SMILES string of the molecule is C1=CC2=NC(c3ccccc3)=[N+](c3ccc(-c4c5ccccc5c(-c5ccc6ccccc6c5)c5ccccc45)cc3)C2C=C1. The summed E-state index contributed by atoms with van der Waals surface area (Å²) in [7, 11) is 0. The van der Waals surface area contributed by atoms with Gasteiger partial charge in [0.05, 0.1) is 5.56 Å². The van der Waals surface area contributed by atoms with Crippen molar-refractivity contribution >= 4 is 49.6 Å². The van der Waals surface area contributed by atoms with E-state index in [1.807, 2.05) is 0 Å². The molecule has 0 saturated heterocycles. The van der Waals surface area contributed by atoms with E-state index in [4.69, 9.17) is 4.99 Å². The molecule has 2 heteroatoms. The van der Waals surface area contributed by atoms with Crippen molar-refractivity contribution in [2.75, 3.05) is 0 Å². The molecule has 0 saturated carbocycles. The van der Waals surface area contributed by atoms with Crippen LogP contribution in [0.3, 0.4) is 0 Å². The molecule has 45 heavy (non-hydrogen) atoms. The van der Waals surface area contributed by atoms with Crippen LogP contribution in [0.2, 0.25) is 0 Å². The minimum Gasteiger partial charge on any atom is -0.209 e. The summed E-state index contributed by atoms with van der Waals surface area (Å²) < 4.78 is 2.35.